The Kier molecular flexibility index (Phi) is 9.45. The first kappa shape index (κ1) is 17.9. The predicted molar refractivity (Wildman–Crippen MR) is 90.8 cm³/mol. The summed E-state index contributed by atoms with van der Waals surface area (Å²) < 4.78 is 0. The monoisotopic (exact) mass is 488 g/mol. The Balaban J connectivity index is 0.000000160. The minimum absolute atomic E-state index is 0.208. The van der Waals surface area contributed by atoms with Crippen molar-refractivity contribution in [2.45, 2.75) is 13.1 Å². The molecule has 3 aromatic carbocycles. The first-order valence-corrected chi connectivity index (χ1v) is 23.2. The number of hydrogen-bond donors (Lipinski definition) is 0. The molecule has 0 aromatic heterocycles. The van der Waals surface area contributed by atoms with Gasteiger partial charge in [-0.2, -0.15) is 35.7 Å². The van der Waals surface area contributed by atoms with Crippen LogP contribution < -0.4 is 0 Å². The molecule has 0 amide bonds. The van der Waals surface area contributed by atoms with E-state index >= 15 is 0 Å². The summed E-state index contributed by atoms with van der Waals surface area (Å²) in [4.78, 5) is 0. The van der Waals surface area contributed by atoms with Crippen molar-refractivity contribution in [3.8, 4) is 0 Å². The van der Waals surface area contributed by atoms with Gasteiger partial charge in [-0.1, -0.05) is 6.07 Å². The van der Waals surface area contributed by atoms with Gasteiger partial charge in [-0.25, -0.2) is 12.1 Å². The molecule has 20 heavy (non-hydrogen) atoms. The van der Waals surface area contributed by atoms with E-state index < -0.39 is 17.7 Å². The van der Waals surface area contributed by atoms with Crippen molar-refractivity contribution in [1.29, 1.82) is 0 Å². The molecule has 0 bridgehead atoms. The molecule has 0 saturated carbocycles. The third-order valence-electron chi connectivity index (χ3n) is 2.48. The summed E-state index contributed by atoms with van der Waals surface area (Å²) in [6.45, 7) is 4.35. The van der Waals surface area contributed by atoms with Crippen molar-refractivity contribution in [2.24, 2.45) is 0 Å². The van der Waals surface area contributed by atoms with E-state index in [1.807, 2.05) is 30.3 Å². The van der Waals surface area contributed by atoms with Crippen LogP contribution in [-0.2, 0) is 17.7 Å². The van der Waals surface area contributed by atoms with Gasteiger partial charge in [0.15, 0.2) is 0 Å². The summed E-state index contributed by atoms with van der Waals surface area (Å²) in [7, 11) is 11.3. The molecule has 0 aliphatic rings. The normalized spacial score (nSPS) is 9.00. The van der Waals surface area contributed by atoms with Crippen LogP contribution in [0.25, 0.3) is 10.8 Å². The molecule has 0 aliphatic carbocycles. The smallest absolute Gasteiger partial charge is 0.0809 e. The second kappa shape index (κ2) is 10.6. The van der Waals surface area contributed by atoms with E-state index in [0.29, 0.717) is 0 Å². The maximum Gasteiger partial charge on any atom is -0.0809 e. The summed E-state index contributed by atoms with van der Waals surface area (Å²) in [5, 5.41) is 2.66. The second-order valence-corrected chi connectivity index (χ2v) is 36.1. The minimum atomic E-state index is -1.78. The summed E-state index contributed by atoms with van der Waals surface area (Å²) in [6, 6.07) is 24.7. The van der Waals surface area contributed by atoms with Crippen LogP contribution in [0.1, 0.15) is 0 Å². The molecule has 0 unspecified atom stereocenters. The van der Waals surface area contributed by atoms with Crippen LogP contribution >= 0.6 is 17.2 Å². The topological polar surface area (TPSA) is 0 Å². The van der Waals surface area contributed by atoms with Gasteiger partial charge in [-0.15, -0.1) is 29.7 Å². The van der Waals surface area contributed by atoms with Gasteiger partial charge >= 0.3 is 53.4 Å². The first-order chi connectivity index (χ1) is 9.61. The first-order valence-electron chi connectivity index (χ1n) is 6.37. The fourth-order valence-electron chi connectivity index (χ4n) is 1.39. The predicted octanol–water partition coefficient (Wildman–Crippen LogP) is 6.13. The molecule has 0 spiro atoms. The van der Waals surface area contributed by atoms with E-state index in [1.165, 1.54) is 10.8 Å². The van der Waals surface area contributed by atoms with Crippen LogP contribution in [0.5, 0.6) is 0 Å². The third-order valence-corrected chi connectivity index (χ3v) is 29.9. The number of fused-ring (bicyclic) bond motifs is 1. The quantitative estimate of drug-likeness (QED) is 0.264. The second-order valence-electron chi connectivity index (χ2n) is 4.38. The molecule has 3 aromatic rings. The summed E-state index contributed by atoms with van der Waals surface area (Å²) >= 11 is -1.78. The maximum atomic E-state index is 5.64. The van der Waals surface area contributed by atoms with E-state index in [2.05, 4.69) is 55.6 Å². The average molecular weight is 488 g/mol. The zero-order valence-corrected chi connectivity index (χ0v) is 17.8. The number of halogens is 2. The van der Waals surface area contributed by atoms with Gasteiger partial charge < -0.3 is 0 Å². The van der Waals surface area contributed by atoms with E-state index in [1.54, 1.807) is 0 Å². The Labute approximate surface area is 136 Å². The zero-order valence-electron chi connectivity index (χ0n) is 11.7. The van der Waals surface area contributed by atoms with Gasteiger partial charge in [-0.3, -0.25) is 0 Å². The molecular formula is C16H18Cl2HfSi-2. The molecule has 0 saturated heterocycles. The molecule has 0 atom stereocenters. The molecule has 0 N–H and O–H groups in total. The Morgan fingerprint density at radius 1 is 0.900 bits per heavy atom. The van der Waals surface area contributed by atoms with Crippen LogP contribution in [0.3, 0.4) is 0 Å². The van der Waals surface area contributed by atoms with Crippen molar-refractivity contribution in [2.75, 3.05) is 0 Å². The van der Waals surface area contributed by atoms with Gasteiger partial charge in [0.1, 0.15) is 0 Å². The molecule has 3 rings (SSSR count). The molecule has 0 radical (unpaired) electrons. The molecule has 0 nitrogen and oxygen atoms in total. The van der Waals surface area contributed by atoms with Gasteiger partial charge in [0.25, 0.3) is 0 Å². The van der Waals surface area contributed by atoms with Crippen molar-refractivity contribution in [3.63, 3.8) is 0 Å². The largest absolute Gasteiger partial charge is 0.214 e. The van der Waals surface area contributed by atoms with Crippen molar-refractivity contribution < 1.29 is 17.7 Å². The fraction of sp³-hybridized carbons (Fsp3) is 0.125. The molecule has 106 valence electrons. The fourth-order valence-corrected chi connectivity index (χ4v) is 1.39. The Hall–Kier alpha value is -0.153. The van der Waals surface area contributed by atoms with Crippen LogP contribution in [0.4, 0.5) is 0 Å². The Bertz CT molecular complexity index is 561. The molecule has 4 heteroatoms. The molecule has 0 heterocycles. The van der Waals surface area contributed by atoms with Gasteiger partial charge in [0.2, 0.25) is 0 Å². The van der Waals surface area contributed by atoms with Crippen molar-refractivity contribution in [1.82, 2.24) is 0 Å². The number of hydrogen-bond acceptors (Lipinski definition) is 0. The maximum absolute atomic E-state index is 5.64. The van der Waals surface area contributed by atoms with Gasteiger partial charge in [0.05, 0.1) is 0 Å². The number of benzene rings is 1. The minimum Gasteiger partial charge on any atom is -0.214 e. The van der Waals surface area contributed by atoms with Crippen LogP contribution in [0.15, 0.2) is 72.8 Å². The average Bonchev–Trinajstić information content (AvgIpc) is 3.14. The van der Waals surface area contributed by atoms with Crippen molar-refractivity contribution in [3.05, 3.63) is 72.8 Å². The third kappa shape index (κ3) is 7.58. The van der Waals surface area contributed by atoms with Crippen LogP contribution in [0.2, 0.25) is 13.1 Å². The zero-order chi connectivity index (χ0) is 14.8. The molecular weight excluding hydrogens is 470 g/mol. The number of rotatable bonds is 0. The van der Waals surface area contributed by atoms with Gasteiger partial charge in [-0.05, 0) is 0 Å². The van der Waals surface area contributed by atoms with Crippen LogP contribution in [-0.4, -0.2) is 5.49 Å². The molecule has 0 aliphatic heterocycles. The SMILES string of the molecule is C[Si](C)=[Hf]([Cl])[Cl].c1cc[cH-]c1.c1ccc2[cH-]ccc2c1. The Morgan fingerprint density at radius 3 is 1.95 bits per heavy atom. The van der Waals surface area contributed by atoms with E-state index in [0.717, 1.165) is 0 Å². The molecule has 0 fully saturated rings. The standard InChI is InChI=1S/C9H7.C5H5.C2H6Si.2ClH.Hf/c1-2-5-9-7-3-6-8(9)4-1;1-2-4-5-3-1;1-3-2;;;/h1-7H;1-5H;1-2H3;2*1H;/q2*-1;;;;+2/p-2. The van der Waals surface area contributed by atoms with E-state index in [4.69, 9.17) is 17.2 Å². The summed E-state index contributed by atoms with van der Waals surface area (Å²) in [6.07, 6.45) is 0. The van der Waals surface area contributed by atoms with Crippen molar-refractivity contribution >= 4 is 33.4 Å². The van der Waals surface area contributed by atoms with Gasteiger partial charge in [0, 0.05) is 0 Å². The Morgan fingerprint density at radius 2 is 1.50 bits per heavy atom. The van der Waals surface area contributed by atoms with Crippen LogP contribution in [0, 0.1) is 0 Å². The van der Waals surface area contributed by atoms with E-state index in [-0.39, 0.29) is 5.49 Å². The van der Waals surface area contributed by atoms with E-state index in [9.17, 15) is 0 Å². The summed E-state index contributed by atoms with van der Waals surface area (Å²) in [5.41, 5.74) is -0.208. The summed E-state index contributed by atoms with van der Waals surface area (Å²) in [5.74, 6) is 0.